The molecule has 0 heterocycles. The van der Waals surface area contributed by atoms with E-state index in [1.165, 1.54) is 6.92 Å². The Kier molecular flexibility index (Phi) is 4.51. The molecule has 76 valence electrons. The summed E-state index contributed by atoms with van der Waals surface area (Å²) in [5, 5.41) is 8.29. The number of aliphatic carboxylic acids is 1. The van der Waals surface area contributed by atoms with Crippen molar-refractivity contribution < 1.29 is 23.1 Å². The van der Waals surface area contributed by atoms with Gasteiger partial charge >= 0.3 is 5.97 Å². The molecule has 0 aliphatic heterocycles. The molecule has 0 aromatic rings. The zero-order chi connectivity index (χ0) is 10.5. The van der Waals surface area contributed by atoms with Crippen molar-refractivity contribution in [3.05, 3.63) is 11.6 Å². The second kappa shape index (κ2) is 4.89. The van der Waals surface area contributed by atoms with E-state index in [0.717, 1.165) is 0 Å². The van der Waals surface area contributed by atoms with E-state index in [2.05, 4.69) is 0 Å². The molecular formula is C8H11F3O2. The van der Waals surface area contributed by atoms with Gasteiger partial charge in [-0.2, -0.15) is 0 Å². The molecular weight excluding hydrogens is 185 g/mol. The quantitative estimate of drug-likeness (QED) is 0.682. The maximum atomic E-state index is 12.3. The van der Waals surface area contributed by atoms with Crippen LogP contribution in [0.25, 0.3) is 0 Å². The second-order valence-corrected chi connectivity index (χ2v) is 2.85. The third-order valence-electron chi connectivity index (χ3n) is 1.94. The highest BCUT2D eigenvalue weighted by atomic mass is 19.1. The number of hydrogen-bond donors (Lipinski definition) is 1. The smallest absolute Gasteiger partial charge is 0.328 e. The molecule has 1 N–H and O–H groups in total. The van der Waals surface area contributed by atoms with Crippen LogP contribution in [0.15, 0.2) is 11.6 Å². The molecule has 0 aromatic heterocycles. The van der Waals surface area contributed by atoms with Gasteiger partial charge < -0.3 is 5.11 Å². The molecule has 0 amide bonds. The molecule has 0 bridgehead atoms. The second-order valence-electron chi connectivity index (χ2n) is 2.85. The Hall–Kier alpha value is -1.00. The van der Waals surface area contributed by atoms with Gasteiger partial charge in [0.1, 0.15) is 20.0 Å². The highest BCUT2D eigenvalue weighted by molar-refractivity contribution is 5.80. The van der Waals surface area contributed by atoms with Gasteiger partial charge in [-0.05, 0) is 6.92 Å². The Bertz CT molecular complexity index is 201. The van der Waals surface area contributed by atoms with E-state index >= 15 is 0 Å². The summed E-state index contributed by atoms with van der Waals surface area (Å²) < 4.78 is 36.9. The predicted molar refractivity (Wildman–Crippen MR) is 41.8 cm³/mol. The normalized spacial score (nSPS) is 13.1. The minimum absolute atomic E-state index is 0.132. The predicted octanol–water partition coefficient (Wildman–Crippen LogP) is 1.91. The Morgan fingerprint density at radius 2 is 1.69 bits per heavy atom. The van der Waals surface area contributed by atoms with Crippen LogP contribution in [0.2, 0.25) is 0 Å². The maximum Gasteiger partial charge on any atom is 0.328 e. The molecule has 0 rings (SSSR count). The van der Waals surface area contributed by atoms with Crippen molar-refractivity contribution >= 4 is 5.97 Å². The first kappa shape index (κ1) is 12.0. The summed E-state index contributed by atoms with van der Waals surface area (Å²) in [4.78, 5) is 10.2. The number of alkyl halides is 3. The van der Waals surface area contributed by atoms with Crippen molar-refractivity contribution in [2.45, 2.75) is 6.92 Å². The number of carbonyl (C=O) groups is 1. The Morgan fingerprint density at radius 3 is 1.92 bits per heavy atom. The lowest BCUT2D eigenvalue weighted by Crippen LogP contribution is -2.30. The van der Waals surface area contributed by atoms with Crippen LogP contribution >= 0.6 is 0 Å². The Labute approximate surface area is 74.1 Å². The average molecular weight is 196 g/mol. The SMILES string of the molecule is CC(=CC(=O)O)C(CF)(CF)CF. The molecule has 2 nitrogen and oxygen atoms in total. The summed E-state index contributed by atoms with van der Waals surface area (Å²) in [6.45, 7) is -2.52. The standard InChI is InChI=1S/C8H11F3O2/c1-6(2-7(12)13)8(3-9,4-10)5-11/h2H,3-5H2,1H3,(H,12,13). The first-order valence-electron chi connectivity index (χ1n) is 3.62. The van der Waals surface area contributed by atoms with E-state index in [0.29, 0.717) is 6.08 Å². The number of carboxylic acid groups (broad SMARTS) is 1. The summed E-state index contributed by atoms with van der Waals surface area (Å²) in [6.07, 6.45) is 0.624. The van der Waals surface area contributed by atoms with Crippen LogP contribution in [0.1, 0.15) is 6.92 Å². The van der Waals surface area contributed by atoms with E-state index in [9.17, 15) is 18.0 Å². The van der Waals surface area contributed by atoms with Crippen LogP contribution in [-0.2, 0) is 4.79 Å². The molecule has 0 aliphatic carbocycles. The van der Waals surface area contributed by atoms with Crippen LogP contribution in [0.3, 0.4) is 0 Å². The van der Waals surface area contributed by atoms with Gasteiger partial charge in [0.25, 0.3) is 0 Å². The lowest BCUT2D eigenvalue weighted by atomic mass is 9.84. The van der Waals surface area contributed by atoms with Crippen LogP contribution in [-0.4, -0.2) is 31.1 Å². The van der Waals surface area contributed by atoms with Crippen LogP contribution in [0.5, 0.6) is 0 Å². The molecule has 0 radical (unpaired) electrons. The van der Waals surface area contributed by atoms with Crippen molar-refractivity contribution in [3.8, 4) is 0 Å². The summed E-state index contributed by atoms with van der Waals surface area (Å²) in [5.74, 6) is -1.34. The van der Waals surface area contributed by atoms with E-state index in [-0.39, 0.29) is 5.57 Å². The first-order valence-corrected chi connectivity index (χ1v) is 3.62. The van der Waals surface area contributed by atoms with Crippen molar-refractivity contribution in [2.24, 2.45) is 5.41 Å². The number of carboxylic acids is 1. The minimum Gasteiger partial charge on any atom is -0.478 e. The summed E-state index contributed by atoms with van der Waals surface area (Å²) >= 11 is 0. The molecule has 0 spiro atoms. The lowest BCUT2D eigenvalue weighted by Gasteiger charge is -2.24. The number of rotatable bonds is 5. The molecule has 0 saturated heterocycles. The molecule has 5 heteroatoms. The fraction of sp³-hybridized carbons (Fsp3) is 0.625. The monoisotopic (exact) mass is 196 g/mol. The van der Waals surface area contributed by atoms with Gasteiger partial charge in [-0.15, -0.1) is 0 Å². The van der Waals surface area contributed by atoms with Gasteiger partial charge in [0.15, 0.2) is 0 Å². The molecule has 0 aromatic carbocycles. The van der Waals surface area contributed by atoms with Crippen molar-refractivity contribution in [1.29, 1.82) is 0 Å². The van der Waals surface area contributed by atoms with Gasteiger partial charge in [-0.25, -0.2) is 18.0 Å². The number of allylic oxidation sites excluding steroid dienone is 1. The largest absolute Gasteiger partial charge is 0.478 e. The third kappa shape index (κ3) is 2.75. The molecule has 0 saturated carbocycles. The van der Waals surface area contributed by atoms with Crippen molar-refractivity contribution in [3.63, 3.8) is 0 Å². The molecule has 0 fully saturated rings. The van der Waals surface area contributed by atoms with E-state index < -0.39 is 31.4 Å². The van der Waals surface area contributed by atoms with Crippen LogP contribution in [0, 0.1) is 5.41 Å². The summed E-state index contributed by atoms with van der Waals surface area (Å²) in [5.41, 5.74) is -2.04. The van der Waals surface area contributed by atoms with Crippen LogP contribution in [0.4, 0.5) is 13.2 Å². The van der Waals surface area contributed by atoms with E-state index in [1.807, 2.05) is 0 Å². The van der Waals surface area contributed by atoms with Gasteiger partial charge in [-0.3, -0.25) is 0 Å². The van der Waals surface area contributed by atoms with Crippen molar-refractivity contribution in [1.82, 2.24) is 0 Å². The maximum absolute atomic E-state index is 12.3. The highest BCUT2D eigenvalue weighted by Gasteiger charge is 2.33. The van der Waals surface area contributed by atoms with Gasteiger partial charge in [0.2, 0.25) is 0 Å². The first-order chi connectivity index (χ1) is 6.02. The number of halogens is 3. The van der Waals surface area contributed by atoms with Gasteiger partial charge in [0, 0.05) is 6.08 Å². The topological polar surface area (TPSA) is 37.3 Å². The van der Waals surface area contributed by atoms with Gasteiger partial charge in [0.05, 0.1) is 5.41 Å². The molecule has 0 aliphatic rings. The van der Waals surface area contributed by atoms with Gasteiger partial charge in [-0.1, -0.05) is 5.57 Å². The lowest BCUT2D eigenvalue weighted by molar-refractivity contribution is -0.131. The highest BCUT2D eigenvalue weighted by Crippen LogP contribution is 2.29. The van der Waals surface area contributed by atoms with E-state index in [4.69, 9.17) is 5.11 Å². The van der Waals surface area contributed by atoms with Crippen molar-refractivity contribution in [2.75, 3.05) is 20.0 Å². The molecule has 0 unspecified atom stereocenters. The summed E-state index contributed by atoms with van der Waals surface area (Å²) in [6, 6.07) is 0. The van der Waals surface area contributed by atoms with Crippen LogP contribution < -0.4 is 0 Å². The Morgan fingerprint density at radius 1 is 1.31 bits per heavy atom. The molecule has 13 heavy (non-hydrogen) atoms. The average Bonchev–Trinajstić information content (AvgIpc) is 2.07. The summed E-state index contributed by atoms with van der Waals surface area (Å²) in [7, 11) is 0. The zero-order valence-corrected chi connectivity index (χ0v) is 7.19. The van der Waals surface area contributed by atoms with E-state index in [1.54, 1.807) is 0 Å². The number of hydrogen-bond acceptors (Lipinski definition) is 1. The fourth-order valence-electron chi connectivity index (χ4n) is 0.762. The fourth-order valence-corrected chi connectivity index (χ4v) is 0.762. The Balaban J connectivity index is 4.83. The molecule has 0 atom stereocenters. The zero-order valence-electron chi connectivity index (χ0n) is 7.19. The third-order valence-corrected chi connectivity index (χ3v) is 1.94. The minimum atomic E-state index is -1.90.